The van der Waals surface area contributed by atoms with Crippen molar-refractivity contribution in [3.05, 3.63) is 65.7 Å². The number of carbonyl (C=O) groups is 1. The Balaban J connectivity index is 2.20. The standard InChI is InChI=1S/C17H20N2O2S/c1-22-12-11-18-15-9-7-14(8-10-15)16(17(20)19-21)13-5-3-2-4-6-13/h2-10,16,18,21H,11-12H2,1H3,(H,19,20). The van der Waals surface area contributed by atoms with Crippen LogP contribution in [0.4, 0.5) is 5.69 Å². The molecule has 116 valence electrons. The smallest absolute Gasteiger partial charge is 0.255 e. The van der Waals surface area contributed by atoms with Crippen molar-refractivity contribution in [1.29, 1.82) is 0 Å². The molecule has 5 heteroatoms. The maximum Gasteiger partial charge on any atom is 0.255 e. The molecule has 3 N–H and O–H groups in total. The Morgan fingerprint density at radius 2 is 1.73 bits per heavy atom. The number of benzene rings is 2. The second kappa shape index (κ2) is 8.46. The highest BCUT2D eigenvalue weighted by Crippen LogP contribution is 2.26. The topological polar surface area (TPSA) is 61.4 Å². The Morgan fingerprint density at radius 3 is 2.32 bits per heavy atom. The monoisotopic (exact) mass is 316 g/mol. The molecule has 22 heavy (non-hydrogen) atoms. The van der Waals surface area contributed by atoms with Gasteiger partial charge in [-0.15, -0.1) is 0 Å². The van der Waals surface area contributed by atoms with Gasteiger partial charge in [0.2, 0.25) is 0 Å². The zero-order chi connectivity index (χ0) is 15.8. The highest BCUT2D eigenvalue weighted by atomic mass is 32.2. The van der Waals surface area contributed by atoms with Gasteiger partial charge in [0.1, 0.15) is 0 Å². The molecule has 1 amide bonds. The molecule has 0 saturated heterocycles. The predicted octanol–water partition coefficient (Wildman–Crippen LogP) is 3.10. The number of hydrogen-bond acceptors (Lipinski definition) is 4. The minimum Gasteiger partial charge on any atom is -0.384 e. The summed E-state index contributed by atoms with van der Waals surface area (Å²) in [6, 6.07) is 17.1. The molecule has 1 atom stereocenters. The fraction of sp³-hybridized carbons (Fsp3) is 0.235. The second-order valence-electron chi connectivity index (χ2n) is 4.86. The van der Waals surface area contributed by atoms with Gasteiger partial charge >= 0.3 is 0 Å². The number of amides is 1. The Hall–Kier alpha value is -1.98. The summed E-state index contributed by atoms with van der Waals surface area (Å²) in [6.07, 6.45) is 2.07. The Bertz CT molecular complexity index is 587. The minimum atomic E-state index is -0.522. The van der Waals surface area contributed by atoms with Gasteiger partial charge in [0.15, 0.2) is 0 Å². The van der Waals surface area contributed by atoms with E-state index in [0.29, 0.717) is 0 Å². The lowest BCUT2D eigenvalue weighted by Gasteiger charge is -2.16. The number of nitrogens with one attached hydrogen (secondary N) is 2. The molecule has 0 bridgehead atoms. The first-order valence-electron chi connectivity index (χ1n) is 7.08. The zero-order valence-electron chi connectivity index (χ0n) is 12.5. The Kier molecular flexibility index (Phi) is 6.30. The van der Waals surface area contributed by atoms with E-state index < -0.39 is 11.8 Å². The molecule has 0 heterocycles. The van der Waals surface area contributed by atoms with Crippen LogP contribution in [0.15, 0.2) is 54.6 Å². The molecular formula is C17H20N2O2S. The largest absolute Gasteiger partial charge is 0.384 e. The van der Waals surface area contributed by atoms with Gasteiger partial charge in [0.05, 0.1) is 5.92 Å². The van der Waals surface area contributed by atoms with Gasteiger partial charge in [-0.1, -0.05) is 42.5 Å². The normalized spacial score (nSPS) is 11.7. The van der Waals surface area contributed by atoms with E-state index in [1.165, 1.54) is 0 Å². The van der Waals surface area contributed by atoms with Crippen LogP contribution in [0.2, 0.25) is 0 Å². The SMILES string of the molecule is CSCCNc1ccc(C(C(=O)NO)c2ccccc2)cc1. The van der Waals surface area contributed by atoms with Crippen molar-refractivity contribution in [3.63, 3.8) is 0 Å². The summed E-state index contributed by atoms with van der Waals surface area (Å²) >= 11 is 1.79. The molecular weight excluding hydrogens is 296 g/mol. The molecule has 0 spiro atoms. The average molecular weight is 316 g/mol. The Morgan fingerprint density at radius 1 is 1.09 bits per heavy atom. The third kappa shape index (κ3) is 4.26. The van der Waals surface area contributed by atoms with E-state index in [-0.39, 0.29) is 0 Å². The first-order chi connectivity index (χ1) is 10.8. The number of anilines is 1. The van der Waals surface area contributed by atoms with Gasteiger partial charge in [-0.25, -0.2) is 5.48 Å². The van der Waals surface area contributed by atoms with Crippen molar-refractivity contribution in [1.82, 2.24) is 5.48 Å². The van der Waals surface area contributed by atoms with Crippen LogP contribution in [0, 0.1) is 0 Å². The van der Waals surface area contributed by atoms with Crippen molar-refractivity contribution in [2.45, 2.75) is 5.92 Å². The molecule has 0 aromatic heterocycles. The van der Waals surface area contributed by atoms with Gasteiger partial charge in [0.25, 0.3) is 5.91 Å². The maximum absolute atomic E-state index is 12.0. The molecule has 0 fully saturated rings. The van der Waals surface area contributed by atoms with Crippen molar-refractivity contribution in [3.8, 4) is 0 Å². The van der Waals surface area contributed by atoms with Crippen LogP contribution >= 0.6 is 11.8 Å². The molecule has 0 radical (unpaired) electrons. The lowest BCUT2D eigenvalue weighted by molar-refractivity contribution is -0.129. The number of hydroxylamine groups is 1. The second-order valence-corrected chi connectivity index (χ2v) is 5.85. The maximum atomic E-state index is 12.0. The minimum absolute atomic E-state index is 0.436. The summed E-state index contributed by atoms with van der Waals surface area (Å²) in [5, 5.41) is 12.3. The average Bonchev–Trinajstić information content (AvgIpc) is 2.57. The van der Waals surface area contributed by atoms with E-state index in [4.69, 9.17) is 5.21 Å². The van der Waals surface area contributed by atoms with E-state index in [9.17, 15) is 4.79 Å². The number of hydrogen-bond donors (Lipinski definition) is 3. The molecule has 1 unspecified atom stereocenters. The lowest BCUT2D eigenvalue weighted by Crippen LogP contribution is -2.27. The zero-order valence-corrected chi connectivity index (χ0v) is 13.3. The highest BCUT2D eigenvalue weighted by molar-refractivity contribution is 7.98. The van der Waals surface area contributed by atoms with E-state index >= 15 is 0 Å². The van der Waals surface area contributed by atoms with E-state index in [1.54, 1.807) is 17.2 Å². The van der Waals surface area contributed by atoms with Crippen LogP contribution in [0.1, 0.15) is 17.0 Å². The fourth-order valence-electron chi connectivity index (χ4n) is 2.30. The van der Waals surface area contributed by atoms with E-state index in [0.717, 1.165) is 29.1 Å². The summed E-state index contributed by atoms with van der Waals surface area (Å²) in [4.78, 5) is 12.0. The van der Waals surface area contributed by atoms with Crippen LogP contribution in [-0.4, -0.2) is 29.7 Å². The first kappa shape index (κ1) is 16.4. The molecule has 0 saturated carbocycles. The third-order valence-corrected chi connectivity index (χ3v) is 4.00. The van der Waals surface area contributed by atoms with Crippen LogP contribution in [0.25, 0.3) is 0 Å². The molecule has 2 aromatic rings. The highest BCUT2D eigenvalue weighted by Gasteiger charge is 2.22. The predicted molar refractivity (Wildman–Crippen MR) is 91.5 cm³/mol. The number of thioether (sulfide) groups is 1. The van der Waals surface area contributed by atoms with Crippen molar-refractivity contribution < 1.29 is 10.0 Å². The molecule has 2 rings (SSSR count). The van der Waals surface area contributed by atoms with Gasteiger partial charge in [-0.2, -0.15) is 11.8 Å². The van der Waals surface area contributed by atoms with E-state index in [2.05, 4.69) is 11.6 Å². The molecule has 4 nitrogen and oxygen atoms in total. The van der Waals surface area contributed by atoms with Gasteiger partial charge in [-0.05, 0) is 29.5 Å². The van der Waals surface area contributed by atoms with Crippen molar-refractivity contribution >= 4 is 23.4 Å². The fourth-order valence-corrected chi connectivity index (χ4v) is 2.60. The molecule has 0 aliphatic rings. The third-order valence-electron chi connectivity index (χ3n) is 3.38. The van der Waals surface area contributed by atoms with E-state index in [1.807, 2.05) is 54.6 Å². The Labute approximate surface area is 134 Å². The number of carbonyl (C=O) groups excluding carboxylic acids is 1. The quantitative estimate of drug-likeness (QED) is 0.417. The summed E-state index contributed by atoms with van der Waals surface area (Å²) in [7, 11) is 0. The first-order valence-corrected chi connectivity index (χ1v) is 8.47. The molecule has 0 aliphatic carbocycles. The van der Waals surface area contributed by atoms with Crippen LogP contribution in [0.3, 0.4) is 0 Å². The summed E-state index contributed by atoms with van der Waals surface area (Å²) in [5.41, 5.74) is 4.47. The van der Waals surface area contributed by atoms with Gasteiger partial charge < -0.3 is 5.32 Å². The summed E-state index contributed by atoms with van der Waals surface area (Å²) in [6.45, 7) is 0.903. The summed E-state index contributed by atoms with van der Waals surface area (Å²) < 4.78 is 0. The van der Waals surface area contributed by atoms with Gasteiger partial charge in [0, 0.05) is 18.0 Å². The van der Waals surface area contributed by atoms with Gasteiger partial charge in [-0.3, -0.25) is 10.0 Å². The van der Waals surface area contributed by atoms with Crippen LogP contribution in [-0.2, 0) is 4.79 Å². The van der Waals surface area contributed by atoms with Crippen LogP contribution < -0.4 is 10.8 Å². The molecule has 2 aromatic carbocycles. The van der Waals surface area contributed by atoms with Crippen molar-refractivity contribution in [2.75, 3.05) is 23.9 Å². The van der Waals surface area contributed by atoms with Crippen LogP contribution in [0.5, 0.6) is 0 Å². The number of rotatable bonds is 7. The molecule has 0 aliphatic heterocycles. The summed E-state index contributed by atoms with van der Waals surface area (Å²) in [5.74, 6) is 0.0853. The van der Waals surface area contributed by atoms with Crippen molar-refractivity contribution in [2.24, 2.45) is 0 Å². The lowest BCUT2D eigenvalue weighted by atomic mass is 9.90.